The van der Waals surface area contributed by atoms with Gasteiger partial charge >= 0.3 is 5.97 Å². The van der Waals surface area contributed by atoms with E-state index in [1.807, 2.05) is 20.9 Å². The second-order valence-electron chi connectivity index (χ2n) is 4.62. The van der Waals surface area contributed by atoms with E-state index in [2.05, 4.69) is 21.0 Å². The normalized spacial score (nSPS) is 10.6. The number of aryl methyl sites for hydroxylation is 3. The van der Waals surface area contributed by atoms with Gasteiger partial charge in [-0.15, -0.1) is 0 Å². The minimum Gasteiger partial charge on any atom is -0.456 e. The van der Waals surface area contributed by atoms with Crippen molar-refractivity contribution in [2.24, 2.45) is 7.05 Å². The highest BCUT2D eigenvalue weighted by molar-refractivity contribution is 9.10. The van der Waals surface area contributed by atoms with Crippen LogP contribution < -0.4 is 5.73 Å². The first-order chi connectivity index (χ1) is 9.40. The van der Waals surface area contributed by atoms with E-state index in [0.717, 1.165) is 21.4 Å². The molecule has 0 radical (unpaired) electrons. The summed E-state index contributed by atoms with van der Waals surface area (Å²) in [5.41, 5.74) is 9.43. The number of rotatable bonds is 3. The van der Waals surface area contributed by atoms with Crippen molar-refractivity contribution in [1.29, 1.82) is 0 Å². The smallest absolute Gasteiger partial charge is 0.338 e. The molecule has 2 rings (SSSR count). The second-order valence-corrected chi connectivity index (χ2v) is 5.41. The van der Waals surface area contributed by atoms with Crippen LogP contribution in [0.5, 0.6) is 0 Å². The summed E-state index contributed by atoms with van der Waals surface area (Å²) in [4.78, 5) is 12.0. The predicted octanol–water partition coefficient (Wildman–Crippen LogP) is 2.74. The molecular weight excluding hydrogens is 322 g/mol. The molecule has 2 aromatic rings. The van der Waals surface area contributed by atoms with Crippen molar-refractivity contribution in [2.75, 3.05) is 5.73 Å². The molecule has 0 fully saturated rings. The summed E-state index contributed by atoms with van der Waals surface area (Å²) in [7, 11) is 1.81. The van der Waals surface area contributed by atoms with Crippen LogP contribution in [0.1, 0.15) is 27.3 Å². The highest BCUT2D eigenvalue weighted by Crippen LogP contribution is 2.21. The number of halogens is 1. The Labute approximate surface area is 125 Å². The lowest BCUT2D eigenvalue weighted by molar-refractivity contribution is 0.0462. The molecule has 0 bridgehead atoms. The second kappa shape index (κ2) is 5.66. The van der Waals surface area contributed by atoms with Crippen LogP contribution in [0.25, 0.3) is 0 Å². The van der Waals surface area contributed by atoms with Crippen LogP contribution in [0.4, 0.5) is 5.69 Å². The Morgan fingerprint density at radius 2 is 2.15 bits per heavy atom. The summed E-state index contributed by atoms with van der Waals surface area (Å²) in [5, 5.41) is 4.25. The zero-order chi connectivity index (χ0) is 14.9. The Morgan fingerprint density at radius 3 is 2.70 bits per heavy atom. The highest BCUT2D eigenvalue weighted by Gasteiger charge is 2.14. The molecular formula is C14H16BrN3O2. The molecule has 1 heterocycles. The van der Waals surface area contributed by atoms with E-state index in [1.54, 1.807) is 22.9 Å². The predicted molar refractivity (Wildman–Crippen MR) is 80.4 cm³/mol. The van der Waals surface area contributed by atoms with Gasteiger partial charge in [-0.3, -0.25) is 4.68 Å². The van der Waals surface area contributed by atoms with Crippen LogP contribution in [0.15, 0.2) is 22.7 Å². The maximum Gasteiger partial charge on any atom is 0.338 e. The Kier molecular flexibility index (Phi) is 4.13. The fourth-order valence-corrected chi connectivity index (χ4v) is 2.27. The van der Waals surface area contributed by atoms with Crippen molar-refractivity contribution in [3.63, 3.8) is 0 Å². The van der Waals surface area contributed by atoms with Crippen molar-refractivity contribution in [2.45, 2.75) is 20.5 Å². The van der Waals surface area contributed by atoms with Crippen LogP contribution in [0, 0.1) is 13.8 Å². The molecule has 20 heavy (non-hydrogen) atoms. The van der Waals surface area contributed by atoms with Gasteiger partial charge in [-0.2, -0.15) is 5.10 Å². The minimum atomic E-state index is -0.401. The van der Waals surface area contributed by atoms with Gasteiger partial charge < -0.3 is 10.5 Å². The van der Waals surface area contributed by atoms with Gasteiger partial charge in [0.25, 0.3) is 0 Å². The Morgan fingerprint density at radius 1 is 1.45 bits per heavy atom. The molecule has 1 aromatic heterocycles. The molecule has 0 saturated carbocycles. The van der Waals surface area contributed by atoms with Crippen molar-refractivity contribution in [3.05, 3.63) is 45.2 Å². The van der Waals surface area contributed by atoms with E-state index < -0.39 is 5.97 Å². The van der Waals surface area contributed by atoms with E-state index in [4.69, 9.17) is 10.5 Å². The summed E-state index contributed by atoms with van der Waals surface area (Å²) < 4.78 is 7.85. The van der Waals surface area contributed by atoms with Crippen LogP contribution in [-0.2, 0) is 18.4 Å². The lowest BCUT2D eigenvalue weighted by Gasteiger charge is -2.07. The molecule has 1 aromatic carbocycles. The third-order valence-corrected chi connectivity index (χ3v) is 4.15. The summed E-state index contributed by atoms with van der Waals surface area (Å²) >= 11 is 3.43. The number of hydrogen-bond acceptors (Lipinski definition) is 4. The average molecular weight is 338 g/mol. The highest BCUT2D eigenvalue weighted by atomic mass is 79.9. The summed E-state index contributed by atoms with van der Waals surface area (Å²) in [5.74, 6) is -0.401. The van der Waals surface area contributed by atoms with Gasteiger partial charge in [0.2, 0.25) is 0 Å². The zero-order valence-electron chi connectivity index (χ0n) is 11.6. The summed E-state index contributed by atoms with van der Waals surface area (Å²) in [6.45, 7) is 3.93. The van der Waals surface area contributed by atoms with Crippen LogP contribution in [0.3, 0.4) is 0 Å². The number of carbonyl (C=O) groups is 1. The lowest BCUT2D eigenvalue weighted by Crippen LogP contribution is -2.09. The Hall–Kier alpha value is -1.82. The van der Waals surface area contributed by atoms with E-state index in [1.165, 1.54) is 0 Å². The molecule has 0 aliphatic rings. The standard InChI is InChI=1S/C14H16BrN3O2/c1-8-4-5-10(6-11(8)16)14(19)20-7-12-13(15)9(2)17-18(12)3/h4-6H,7,16H2,1-3H3. The third kappa shape index (κ3) is 2.85. The van der Waals surface area contributed by atoms with Crippen molar-refractivity contribution >= 4 is 27.6 Å². The van der Waals surface area contributed by atoms with Gasteiger partial charge in [0, 0.05) is 12.7 Å². The molecule has 0 spiro atoms. The number of aromatic nitrogens is 2. The number of ether oxygens (including phenoxy) is 1. The maximum absolute atomic E-state index is 12.0. The quantitative estimate of drug-likeness (QED) is 0.690. The van der Waals surface area contributed by atoms with Crippen molar-refractivity contribution < 1.29 is 9.53 Å². The molecule has 2 N–H and O–H groups in total. The van der Waals surface area contributed by atoms with Gasteiger partial charge in [-0.1, -0.05) is 6.07 Å². The first kappa shape index (κ1) is 14.6. The van der Waals surface area contributed by atoms with Gasteiger partial charge in [0.05, 0.1) is 21.4 Å². The molecule has 0 atom stereocenters. The molecule has 0 unspecified atom stereocenters. The van der Waals surface area contributed by atoms with Gasteiger partial charge in [-0.05, 0) is 47.5 Å². The van der Waals surface area contributed by atoms with Gasteiger partial charge in [0.15, 0.2) is 0 Å². The van der Waals surface area contributed by atoms with Crippen LogP contribution in [0.2, 0.25) is 0 Å². The summed E-state index contributed by atoms with van der Waals surface area (Å²) in [6.07, 6.45) is 0. The number of benzene rings is 1. The lowest BCUT2D eigenvalue weighted by atomic mass is 10.1. The number of nitrogen functional groups attached to an aromatic ring is 1. The first-order valence-corrected chi connectivity index (χ1v) is 6.90. The fraction of sp³-hybridized carbons (Fsp3) is 0.286. The number of esters is 1. The minimum absolute atomic E-state index is 0.157. The van der Waals surface area contributed by atoms with Gasteiger partial charge in [-0.25, -0.2) is 4.79 Å². The van der Waals surface area contributed by atoms with Crippen LogP contribution in [-0.4, -0.2) is 15.7 Å². The van der Waals surface area contributed by atoms with E-state index in [-0.39, 0.29) is 6.61 Å². The van der Waals surface area contributed by atoms with Gasteiger partial charge in [0.1, 0.15) is 6.61 Å². The largest absolute Gasteiger partial charge is 0.456 e. The molecule has 5 nitrogen and oxygen atoms in total. The SMILES string of the molecule is Cc1ccc(C(=O)OCc2c(Br)c(C)nn2C)cc1N. The number of hydrogen-bond donors (Lipinski definition) is 1. The van der Waals surface area contributed by atoms with E-state index in [0.29, 0.717) is 11.3 Å². The van der Waals surface area contributed by atoms with E-state index >= 15 is 0 Å². The molecule has 106 valence electrons. The average Bonchev–Trinajstić information content (AvgIpc) is 2.64. The van der Waals surface area contributed by atoms with Crippen LogP contribution >= 0.6 is 15.9 Å². The third-order valence-electron chi connectivity index (χ3n) is 3.12. The van der Waals surface area contributed by atoms with E-state index in [9.17, 15) is 4.79 Å². The monoisotopic (exact) mass is 337 g/mol. The fourth-order valence-electron chi connectivity index (χ4n) is 1.82. The van der Waals surface area contributed by atoms with Crippen molar-refractivity contribution in [3.8, 4) is 0 Å². The zero-order valence-corrected chi connectivity index (χ0v) is 13.2. The Balaban J connectivity index is 2.10. The van der Waals surface area contributed by atoms with Crippen molar-refractivity contribution in [1.82, 2.24) is 9.78 Å². The molecule has 0 aliphatic heterocycles. The maximum atomic E-state index is 12.0. The number of nitrogens with two attached hydrogens (primary N) is 1. The number of carbonyl (C=O) groups excluding carboxylic acids is 1. The Bertz CT molecular complexity index is 665. The summed E-state index contributed by atoms with van der Waals surface area (Å²) in [6, 6.07) is 5.13. The molecule has 6 heteroatoms. The molecule has 0 amide bonds. The topological polar surface area (TPSA) is 70.1 Å². The molecule has 0 saturated heterocycles. The number of anilines is 1. The first-order valence-electron chi connectivity index (χ1n) is 6.11. The number of nitrogens with zero attached hydrogens (tertiary/aromatic N) is 2. The molecule has 0 aliphatic carbocycles.